The second-order valence-electron chi connectivity index (χ2n) is 6.28. The van der Waals surface area contributed by atoms with Gasteiger partial charge in [0.25, 0.3) is 0 Å². The Hall–Kier alpha value is -2.91. The Morgan fingerprint density at radius 1 is 1.07 bits per heavy atom. The highest BCUT2D eigenvalue weighted by Gasteiger charge is 2.32. The molecule has 1 aromatic heterocycles. The number of piperazine rings is 1. The summed E-state index contributed by atoms with van der Waals surface area (Å²) < 4.78 is 50.9. The molecule has 1 N–H and O–H groups in total. The lowest BCUT2D eigenvalue weighted by Gasteiger charge is -2.36. The lowest BCUT2D eigenvalue weighted by atomic mass is 10.2. The Kier molecular flexibility index (Phi) is 5.96. The molecule has 6 nitrogen and oxygen atoms in total. The van der Waals surface area contributed by atoms with Crippen LogP contribution in [0.5, 0.6) is 0 Å². The summed E-state index contributed by atoms with van der Waals surface area (Å²) in [5.41, 5.74) is -0.134. The summed E-state index contributed by atoms with van der Waals surface area (Å²) in [6.07, 6.45) is -3.40. The molecule has 0 bridgehead atoms. The fraction of sp³-hybridized carbons (Fsp3) is 0.389. The second-order valence-corrected chi connectivity index (χ2v) is 6.28. The molecule has 1 aromatic carbocycles. The van der Waals surface area contributed by atoms with E-state index in [0.717, 1.165) is 18.0 Å². The molecule has 10 heteroatoms. The van der Waals surface area contributed by atoms with E-state index < -0.39 is 11.9 Å². The first-order valence-corrected chi connectivity index (χ1v) is 8.75. The molecule has 0 unspecified atom stereocenters. The lowest BCUT2D eigenvalue weighted by Crippen LogP contribution is -2.49. The predicted octanol–water partition coefficient (Wildman–Crippen LogP) is 2.79. The third kappa shape index (κ3) is 5.08. The number of carbonyl (C=O) groups is 1. The summed E-state index contributed by atoms with van der Waals surface area (Å²) in [5.74, 6) is -0.559. The molecule has 0 saturated carbocycles. The molecule has 0 radical (unpaired) electrons. The van der Waals surface area contributed by atoms with E-state index in [0.29, 0.717) is 26.2 Å². The highest BCUT2D eigenvalue weighted by atomic mass is 19.4. The van der Waals surface area contributed by atoms with Crippen molar-refractivity contribution in [2.24, 2.45) is 0 Å². The number of halogens is 4. The summed E-state index contributed by atoms with van der Waals surface area (Å²) in [4.78, 5) is 23.2. The van der Waals surface area contributed by atoms with Crippen molar-refractivity contribution < 1.29 is 22.4 Å². The SMILES string of the molecule is O=C(CCNc1nccc(C(F)(F)F)n1)N1CCN(c2ccc(F)cc2)CC1. The van der Waals surface area contributed by atoms with E-state index in [-0.39, 0.29) is 30.6 Å². The number of carbonyl (C=O) groups excluding carboxylic acids is 1. The fourth-order valence-electron chi connectivity index (χ4n) is 2.91. The lowest BCUT2D eigenvalue weighted by molar-refractivity contribution is -0.141. The van der Waals surface area contributed by atoms with Crippen LogP contribution in [0.1, 0.15) is 12.1 Å². The smallest absolute Gasteiger partial charge is 0.368 e. The van der Waals surface area contributed by atoms with Crippen molar-refractivity contribution in [2.75, 3.05) is 42.9 Å². The zero-order valence-corrected chi connectivity index (χ0v) is 14.9. The van der Waals surface area contributed by atoms with Gasteiger partial charge in [0.15, 0.2) is 0 Å². The van der Waals surface area contributed by atoms with Crippen molar-refractivity contribution in [3.05, 3.63) is 48.0 Å². The Morgan fingerprint density at radius 3 is 2.39 bits per heavy atom. The predicted molar refractivity (Wildman–Crippen MR) is 95.3 cm³/mol. The van der Waals surface area contributed by atoms with Crippen molar-refractivity contribution >= 4 is 17.5 Å². The molecule has 1 saturated heterocycles. The Bertz CT molecular complexity index is 804. The van der Waals surface area contributed by atoms with Gasteiger partial charge in [-0.25, -0.2) is 14.4 Å². The van der Waals surface area contributed by atoms with Gasteiger partial charge in [-0.15, -0.1) is 0 Å². The van der Waals surface area contributed by atoms with Gasteiger partial charge in [0, 0.05) is 51.0 Å². The maximum atomic E-state index is 13.0. The third-order valence-electron chi connectivity index (χ3n) is 4.39. The number of nitrogens with one attached hydrogen (secondary N) is 1. The molecule has 3 rings (SSSR count). The Morgan fingerprint density at radius 2 is 1.75 bits per heavy atom. The van der Waals surface area contributed by atoms with Crippen LogP contribution in [-0.4, -0.2) is 53.5 Å². The van der Waals surface area contributed by atoms with Crippen molar-refractivity contribution in [3.8, 4) is 0 Å². The highest BCUT2D eigenvalue weighted by molar-refractivity contribution is 5.77. The summed E-state index contributed by atoms with van der Waals surface area (Å²) in [5, 5.41) is 2.65. The molecule has 2 heterocycles. The molecule has 1 aliphatic heterocycles. The Balaban J connectivity index is 1.44. The molecule has 28 heavy (non-hydrogen) atoms. The largest absolute Gasteiger partial charge is 0.433 e. The van der Waals surface area contributed by atoms with Crippen LogP contribution in [0, 0.1) is 5.82 Å². The molecular weight excluding hydrogens is 378 g/mol. The number of hydrogen-bond donors (Lipinski definition) is 1. The van der Waals surface area contributed by atoms with Gasteiger partial charge in [-0.05, 0) is 30.3 Å². The van der Waals surface area contributed by atoms with Gasteiger partial charge in [-0.1, -0.05) is 0 Å². The number of benzene rings is 1. The molecule has 1 aliphatic rings. The molecule has 150 valence electrons. The monoisotopic (exact) mass is 397 g/mol. The van der Waals surface area contributed by atoms with Crippen molar-refractivity contribution in [2.45, 2.75) is 12.6 Å². The molecular formula is C18H19F4N5O. The van der Waals surface area contributed by atoms with Gasteiger partial charge in [0.2, 0.25) is 11.9 Å². The van der Waals surface area contributed by atoms with E-state index >= 15 is 0 Å². The zero-order chi connectivity index (χ0) is 20.1. The Labute approximate surface area is 159 Å². The van der Waals surface area contributed by atoms with Crippen LogP contribution in [-0.2, 0) is 11.0 Å². The molecule has 0 aliphatic carbocycles. The average molecular weight is 397 g/mol. The van der Waals surface area contributed by atoms with Crippen molar-refractivity contribution in [1.82, 2.24) is 14.9 Å². The minimum atomic E-state index is -4.54. The molecule has 0 spiro atoms. The van der Waals surface area contributed by atoms with Gasteiger partial charge in [-0.2, -0.15) is 13.2 Å². The van der Waals surface area contributed by atoms with E-state index in [2.05, 4.69) is 20.2 Å². The maximum Gasteiger partial charge on any atom is 0.433 e. The van der Waals surface area contributed by atoms with Crippen LogP contribution in [0.3, 0.4) is 0 Å². The number of amides is 1. The zero-order valence-electron chi connectivity index (χ0n) is 14.9. The van der Waals surface area contributed by atoms with Gasteiger partial charge in [0.05, 0.1) is 0 Å². The minimum absolute atomic E-state index is 0.0989. The topological polar surface area (TPSA) is 61.4 Å². The highest BCUT2D eigenvalue weighted by Crippen LogP contribution is 2.27. The van der Waals surface area contributed by atoms with E-state index in [1.54, 1.807) is 17.0 Å². The van der Waals surface area contributed by atoms with E-state index in [9.17, 15) is 22.4 Å². The summed E-state index contributed by atoms with van der Waals surface area (Å²) in [6.45, 7) is 2.44. The molecule has 0 atom stereocenters. The van der Waals surface area contributed by atoms with Crippen LogP contribution >= 0.6 is 0 Å². The number of aromatic nitrogens is 2. The summed E-state index contributed by atoms with van der Waals surface area (Å²) in [7, 11) is 0. The standard InChI is InChI=1S/C18H19F4N5O/c19-13-1-3-14(4-2-13)26-9-11-27(12-10-26)16(28)6-8-24-17-23-7-5-15(25-17)18(20,21)22/h1-5,7H,6,8-12H2,(H,23,24,25). The van der Waals surface area contributed by atoms with E-state index in [1.165, 1.54) is 12.1 Å². The normalized spacial score (nSPS) is 14.9. The van der Waals surface area contributed by atoms with Crippen molar-refractivity contribution in [1.29, 1.82) is 0 Å². The first-order chi connectivity index (χ1) is 13.3. The van der Waals surface area contributed by atoms with Crippen molar-refractivity contribution in [3.63, 3.8) is 0 Å². The van der Waals surface area contributed by atoms with Crippen LogP contribution < -0.4 is 10.2 Å². The van der Waals surface area contributed by atoms with Gasteiger partial charge in [-0.3, -0.25) is 4.79 Å². The number of hydrogen-bond acceptors (Lipinski definition) is 5. The van der Waals surface area contributed by atoms with Gasteiger partial charge < -0.3 is 15.1 Å². The first-order valence-electron chi connectivity index (χ1n) is 8.75. The van der Waals surface area contributed by atoms with E-state index in [4.69, 9.17) is 0 Å². The molecule has 2 aromatic rings. The quantitative estimate of drug-likeness (QED) is 0.787. The third-order valence-corrected chi connectivity index (χ3v) is 4.39. The van der Waals surface area contributed by atoms with E-state index in [1.807, 2.05) is 0 Å². The van der Waals surface area contributed by atoms with Crippen LogP contribution in [0.25, 0.3) is 0 Å². The number of rotatable bonds is 5. The summed E-state index contributed by atoms with van der Waals surface area (Å²) >= 11 is 0. The second kappa shape index (κ2) is 8.41. The maximum absolute atomic E-state index is 13.0. The van der Waals surface area contributed by atoms with Crippen LogP contribution in [0.4, 0.5) is 29.2 Å². The van der Waals surface area contributed by atoms with Crippen LogP contribution in [0.15, 0.2) is 36.5 Å². The summed E-state index contributed by atoms with van der Waals surface area (Å²) in [6, 6.07) is 6.98. The molecule has 1 fully saturated rings. The van der Waals surface area contributed by atoms with Gasteiger partial charge in [0.1, 0.15) is 11.5 Å². The minimum Gasteiger partial charge on any atom is -0.368 e. The first kappa shape index (κ1) is 19.8. The number of anilines is 2. The molecule has 1 amide bonds. The van der Waals surface area contributed by atoms with Crippen LogP contribution in [0.2, 0.25) is 0 Å². The number of alkyl halides is 3. The average Bonchev–Trinajstić information content (AvgIpc) is 2.68. The number of nitrogens with zero attached hydrogens (tertiary/aromatic N) is 4. The van der Waals surface area contributed by atoms with Gasteiger partial charge >= 0.3 is 6.18 Å². The fourth-order valence-corrected chi connectivity index (χ4v) is 2.91.